The molecule has 94 valence electrons. The molecule has 17 heavy (non-hydrogen) atoms. The number of unbranched alkanes of at least 4 members (excludes halogenated alkanes) is 1. The molecule has 1 aromatic rings. The molecule has 0 saturated heterocycles. The summed E-state index contributed by atoms with van der Waals surface area (Å²) in [7, 11) is 1.63. The monoisotopic (exact) mass is 260 g/mol. The number of hydrogen-bond donors (Lipinski definition) is 1. The van der Waals surface area contributed by atoms with Crippen molar-refractivity contribution in [1.82, 2.24) is 9.97 Å². The van der Waals surface area contributed by atoms with E-state index < -0.39 is 4.92 Å². The van der Waals surface area contributed by atoms with Gasteiger partial charge in [0.05, 0.1) is 4.92 Å². The van der Waals surface area contributed by atoms with Crippen LogP contribution in [-0.2, 0) is 4.74 Å². The average molecular weight is 261 g/mol. The molecular weight excluding hydrogens is 248 g/mol. The van der Waals surface area contributed by atoms with Crippen molar-refractivity contribution in [2.24, 2.45) is 0 Å². The number of methoxy groups -OCH3 is 1. The molecule has 0 saturated carbocycles. The van der Waals surface area contributed by atoms with Crippen molar-refractivity contribution in [2.75, 3.05) is 25.6 Å². The molecule has 0 fully saturated rings. The van der Waals surface area contributed by atoms with Gasteiger partial charge >= 0.3 is 5.69 Å². The highest BCUT2D eigenvalue weighted by atomic mass is 35.5. The Hall–Kier alpha value is -1.47. The third kappa shape index (κ3) is 4.12. The van der Waals surface area contributed by atoms with Crippen LogP contribution in [0.5, 0.6) is 0 Å². The Kier molecular flexibility index (Phi) is 5.58. The Bertz CT molecular complexity index is 389. The van der Waals surface area contributed by atoms with Crippen LogP contribution in [0.25, 0.3) is 0 Å². The molecule has 1 N–H and O–H groups in total. The first kappa shape index (κ1) is 13.6. The molecule has 1 rings (SSSR count). The summed E-state index contributed by atoms with van der Waals surface area (Å²) < 4.78 is 4.89. The molecule has 0 unspecified atom stereocenters. The normalized spacial score (nSPS) is 10.2. The minimum Gasteiger partial charge on any atom is -0.385 e. The molecule has 0 aliphatic carbocycles. The third-order valence-electron chi connectivity index (χ3n) is 2.03. The maximum absolute atomic E-state index is 10.8. The minimum absolute atomic E-state index is 0.146. The van der Waals surface area contributed by atoms with E-state index in [0.29, 0.717) is 13.2 Å². The topological polar surface area (TPSA) is 90.2 Å². The van der Waals surface area contributed by atoms with Gasteiger partial charge < -0.3 is 10.1 Å². The Labute approximate surface area is 103 Å². The molecule has 0 atom stereocenters. The van der Waals surface area contributed by atoms with Gasteiger partial charge in [0.1, 0.15) is 6.33 Å². The largest absolute Gasteiger partial charge is 0.385 e. The summed E-state index contributed by atoms with van der Waals surface area (Å²) in [6.45, 7) is 1.23. The van der Waals surface area contributed by atoms with Gasteiger partial charge in [-0.25, -0.2) is 9.97 Å². The number of aromatic nitrogens is 2. The number of anilines is 1. The van der Waals surface area contributed by atoms with Crippen LogP contribution < -0.4 is 5.32 Å². The molecule has 1 heterocycles. The van der Waals surface area contributed by atoms with Crippen LogP contribution in [0.15, 0.2) is 6.33 Å². The second-order valence-corrected chi connectivity index (χ2v) is 3.60. The number of halogens is 1. The quantitative estimate of drug-likeness (QED) is 0.348. The summed E-state index contributed by atoms with van der Waals surface area (Å²) >= 11 is 5.63. The van der Waals surface area contributed by atoms with Crippen molar-refractivity contribution in [3.63, 3.8) is 0 Å². The first-order valence-corrected chi connectivity index (χ1v) is 5.42. The molecule has 0 aromatic carbocycles. The smallest absolute Gasteiger partial charge is 0.348 e. The molecule has 0 bridgehead atoms. The fourth-order valence-electron chi connectivity index (χ4n) is 1.23. The summed E-state index contributed by atoms with van der Waals surface area (Å²) in [5, 5.41) is 13.5. The van der Waals surface area contributed by atoms with E-state index in [9.17, 15) is 10.1 Å². The highest BCUT2D eigenvalue weighted by Crippen LogP contribution is 2.27. The zero-order valence-electron chi connectivity index (χ0n) is 9.35. The summed E-state index contributed by atoms with van der Waals surface area (Å²) in [4.78, 5) is 17.5. The van der Waals surface area contributed by atoms with Gasteiger partial charge in [-0.2, -0.15) is 0 Å². The van der Waals surface area contributed by atoms with Gasteiger partial charge in [-0.3, -0.25) is 10.1 Å². The number of hydrogen-bond acceptors (Lipinski definition) is 6. The fraction of sp³-hybridized carbons (Fsp3) is 0.556. The molecule has 0 aliphatic heterocycles. The predicted octanol–water partition coefficient (Wildman–Crippen LogP) is 1.88. The Morgan fingerprint density at radius 2 is 2.29 bits per heavy atom. The van der Waals surface area contributed by atoms with Crippen LogP contribution in [0.1, 0.15) is 12.8 Å². The second kappa shape index (κ2) is 6.97. The lowest BCUT2D eigenvalue weighted by Gasteiger charge is -2.05. The highest BCUT2D eigenvalue weighted by molar-refractivity contribution is 6.31. The molecule has 0 aliphatic rings. The number of rotatable bonds is 7. The molecule has 0 spiro atoms. The van der Waals surface area contributed by atoms with Crippen molar-refractivity contribution < 1.29 is 9.66 Å². The van der Waals surface area contributed by atoms with Crippen molar-refractivity contribution in [2.45, 2.75) is 12.8 Å². The first-order chi connectivity index (χ1) is 8.16. The lowest BCUT2D eigenvalue weighted by atomic mass is 10.3. The average Bonchev–Trinajstić information content (AvgIpc) is 2.28. The number of nitrogens with zero attached hydrogens (tertiary/aromatic N) is 3. The van der Waals surface area contributed by atoms with Crippen molar-refractivity contribution in [1.29, 1.82) is 0 Å². The molecule has 1 aromatic heterocycles. The number of ether oxygens (including phenoxy) is 1. The van der Waals surface area contributed by atoms with Crippen molar-refractivity contribution in [3.05, 3.63) is 21.6 Å². The van der Waals surface area contributed by atoms with E-state index in [1.165, 1.54) is 6.33 Å². The summed E-state index contributed by atoms with van der Waals surface area (Å²) in [5.41, 5.74) is -0.291. The van der Waals surface area contributed by atoms with Gasteiger partial charge in [0.15, 0.2) is 0 Å². The summed E-state index contributed by atoms with van der Waals surface area (Å²) in [5.74, 6) is 0.146. The lowest BCUT2D eigenvalue weighted by molar-refractivity contribution is -0.384. The van der Waals surface area contributed by atoms with E-state index in [-0.39, 0.29) is 16.7 Å². The van der Waals surface area contributed by atoms with Gasteiger partial charge in [-0.15, -0.1) is 0 Å². The van der Waals surface area contributed by atoms with Gasteiger partial charge in [0.2, 0.25) is 11.0 Å². The molecule has 0 radical (unpaired) electrons. The van der Waals surface area contributed by atoms with E-state index in [2.05, 4.69) is 15.3 Å². The fourth-order valence-corrected chi connectivity index (χ4v) is 1.43. The lowest BCUT2D eigenvalue weighted by Crippen LogP contribution is -2.08. The van der Waals surface area contributed by atoms with Crippen LogP contribution in [0, 0.1) is 10.1 Å². The van der Waals surface area contributed by atoms with E-state index in [4.69, 9.17) is 16.3 Å². The van der Waals surface area contributed by atoms with E-state index in [1.54, 1.807) is 7.11 Å². The Balaban J connectivity index is 2.58. The first-order valence-electron chi connectivity index (χ1n) is 5.04. The van der Waals surface area contributed by atoms with Crippen molar-refractivity contribution >= 4 is 23.1 Å². The van der Waals surface area contributed by atoms with Crippen LogP contribution in [0.2, 0.25) is 5.15 Å². The Morgan fingerprint density at radius 1 is 1.53 bits per heavy atom. The van der Waals surface area contributed by atoms with Gasteiger partial charge in [-0.1, -0.05) is 11.6 Å². The van der Waals surface area contributed by atoms with Crippen LogP contribution in [0.3, 0.4) is 0 Å². The van der Waals surface area contributed by atoms with Crippen LogP contribution >= 0.6 is 11.6 Å². The van der Waals surface area contributed by atoms with Crippen LogP contribution in [0.4, 0.5) is 11.5 Å². The van der Waals surface area contributed by atoms with Crippen LogP contribution in [-0.4, -0.2) is 35.2 Å². The predicted molar refractivity (Wildman–Crippen MR) is 63.3 cm³/mol. The Morgan fingerprint density at radius 3 is 2.94 bits per heavy atom. The maximum Gasteiger partial charge on any atom is 0.348 e. The molecule has 8 heteroatoms. The third-order valence-corrected chi connectivity index (χ3v) is 2.30. The molecule has 0 amide bonds. The molecule has 7 nitrogen and oxygen atoms in total. The van der Waals surface area contributed by atoms with E-state index in [1.807, 2.05) is 0 Å². The maximum atomic E-state index is 10.8. The van der Waals surface area contributed by atoms with Gasteiger partial charge in [-0.05, 0) is 12.8 Å². The summed E-state index contributed by atoms with van der Waals surface area (Å²) in [6.07, 6.45) is 2.88. The number of nitrogens with one attached hydrogen (secondary N) is 1. The van der Waals surface area contributed by atoms with Crippen molar-refractivity contribution in [3.8, 4) is 0 Å². The van der Waals surface area contributed by atoms with E-state index in [0.717, 1.165) is 12.8 Å². The highest BCUT2D eigenvalue weighted by Gasteiger charge is 2.20. The standard InChI is InChI=1S/C9H13ClN4O3/c1-17-5-3-2-4-11-9-7(14(15)16)8(10)12-6-13-9/h6H,2-5H2,1H3,(H,11,12,13). The number of nitro groups is 1. The van der Waals surface area contributed by atoms with Gasteiger partial charge in [0.25, 0.3) is 0 Å². The molecular formula is C9H13ClN4O3. The minimum atomic E-state index is -0.597. The summed E-state index contributed by atoms with van der Waals surface area (Å²) in [6, 6.07) is 0. The van der Waals surface area contributed by atoms with E-state index >= 15 is 0 Å². The zero-order valence-corrected chi connectivity index (χ0v) is 10.1. The second-order valence-electron chi connectivity index (χ2n) is 3.25. The zero-order chi connectivity index (χ0) is 12.7. The van der Waals surface area contributed by atoms with Gasteiger partial charge in [0, 0.05) is 20.3 Å². The SMILES string of the molecule is COCCCCNc1ncnc(Cl)c1[N+](=O)[O-].